The minimum absolute atomic E-state index is 0.0825. The van der Waals surface area contributed by atoms with Gasteiger partial charge in [-0.25, -0.2) is 4.98 Å². The van der Waals surface area contributed by atoms with E-state index in [4.69, 9.17) is 14.5 Å². The van der Waals surface area contributed by atoms with Crippen molar-refractivity contribution in [3.8, 4) is 11.5 Å². The Morgan fingerprint density at radius 3 is 2.71 bits per heavy atom. The number of hydrogen-bond acceptors (Lipinski definition) is 5. The van der Waals surface area contributed by atoms with Crippen LogP contribution in [0.4, 0.5) is 0 Å². The van der Waals surface area contributed by atoms with Gasteiger partial charge in [0.05, 0.1) is 16.9 Å². The second-order valence-corrected chi connectivity index (χ2v) is 7.63. The van der Waals surface area contributed by atoms with Gasteiger partial charge in [-0.05, 0) is 50.6 Å². The molecule has 0 N–H and O–H groups in total. The molecule has 7 heteroatoms. The molecule has 7 nitrogen and oxygen atoms in total. The smallest absolute Gasteiger partial charge is 0.261 e. The average molecular weight is 421 g/mol. The molecule has 2 aromatic carbocycles. The third-order valence-electron chi connectivity index (χ3n) is 5.68. The summed E-state index contributed by atoms with van der Waals surface area (Å²) in [6, 6.07) is 12.2. The first-order valence-corrected chi connectivity index (χ1v) is 10.7. The summed E-state index contributed by atoms with van der Waals surface area (Å²) in [4.78, 5) is 33.2. The third kappa shape index (κ3) is 3.87. The molecule has 0 saturated carbocycles. The van der Waals surface area contributed by atoms with Crippen molar-refractivity contribution in [2.75, 3.05) is 13.3 Å². The predicted octanol–water partition coefficient (Wildman–Crippen LogP) is 4.15. The molecule has 1 amide bonds. The van der Waals surface area contributed by atoms with Crippen molar-refractivity contribution in [2.45, 2.75) is 46.2 Å². The van der Waals surface area contributed by atoms with Crippen LogP contribution in [0.25, 0.3) is 10.9 Å². The van der Waals surface area contributed by atoms with Crippen molar-refractivity contribution >= 4 is 16.8 Å². The highest BCUT2D eigenvalue weighted by atomic mass is 16.7. The Kier molecular flexibility index (Phi) is 5.93. The maximum atomic E-state index is 13.5. The normalized spacial score (nSPS) is 13.4. The topological polar surface area (TPSA) is 73.7 Å². The predicted molar refractivity (Wildman–Crippen MR) is 119 cm³/mol. The van der Waals surface area contributed by atoms with Crippen molar-refractivity contribution in [2.24, 2.45) is 0 Å². The van der Waals surface area contributed by atoms with E-state index in [0.29, 0.717) is 46.9 Å². The van der Waals surface area contributed by atoms with Gasteiger partial charge >= 0.3 is 0 Å². The number of carbonyl (C=O) groups is 1. The molecule has 1 aliphatic heterocycles. The largest absolute Gasteiger partial charge is 0.454 e. The maximum absolute atomic E-state index is 13.5. The summed E-state index contributed by atoms with van der Waals surface area (Å²) in [5.74, 6) is 1.68. The molecule has 1 unspecified atom stereocenters. The molecule has 162 valence electrons. The Hall–Kier alpha value is -3.35. The van der Waals surface area contributed by atoms with Crippen LogP contribution in [0.1, 0.15) is 55.8 Å². The van der Waals surface area contributed by atoms with E-state index in [2.05, 4.69) is 6.92 Å². The third-order valence-corrected chi connectivity index (χ3v) is 5.68. The van der Waals surface area contributed by atoms with E-state index in [1.165, 1.54) is 0 Å². The Morgan fingerprint density at radius 1 is 1.16 bits per heavy atom. The molecule has 0 saturated heterocycles. The number of benzene rings is 2. The van der Waals surface area contributed by atoms with Gasteiger partial charge in [-0.2, -0.15) is 0 Å². The number of aromatic nitrogens is 2. The first kappa shape index (κ1) is 20.9. The lowest BCUT2D eigenvalue weighted by Crippen LogP contribution is -2.38. The minimum Gasteiger partial charge on any atom is -0.454 e. The Balaban J connectivity index is 1.76. The van der Waals surface area contributed by atoms with Crippen molar-refractivity contribution in [3.05, 3.63) is 64.2 Å². The summed E-state index contributed by atoms with van der Waals surface area (Å²) >= 11 is 0. The Morgan fingerprint density at radius 2 is 1.94 bits per heavy atom. The standard InChI is InChI=1S/C24H27N3O4/c1-4-6-13-27(23(28)17-11-12-20-21(14-17)31-15-30-20)16(3)22-25-19-10-8-7-9-18(19)24(29)26(22)5-2/h7-12,14,16H,4-6,13,15H2,1-3H3. The average Bonchev–Trinajstić information content (AvgIpc) is 3.27. The lowest BCUT2D eigenvalue weighted by molar-refractivity contribution is 0.0675. The number of carbonyl (C=O) groups excluding carboxylic acids is 1. The number of nitrogens with zero attached hydrogens (tertiary/aromatic N) is 3. The van der Waals surface area contributed by atoms with Gasteiger partial charge in [0.25, 0.3) is 11.5 Å². The molecule has 0 aliphatic carbocycles. The van der Waals surface area contributed by atoms with E-state index in [0.717, 1.165) is 12.8 Å². The zero-order chi connectivity index (χ0) is 22.0. The van der Waals surface area contributed by atoms with Crippen LogP contribution in [-0.2, 0) is 6.54 Å². The number of ether oxygens (including phenoxy) is 2. The van der Waals surface area contributed by atoms with Crippen LogP contribution in [-0.4, -0.2) is 33.7 Å². The van der Waals surface area contributed by atoms with Crippen LogP contribution < -0.4 is 15.0 Å². The molecule has 0 bridgehead atoms. The van der Waals surface area contributed by atoms with Crippen LogP contribution in [0.5, 0.6) is 11.5 Å². The fourth-order valence-electron chi connectivity index (χ4n) is 3.94. The van der Waals surface area contributed by atoms with Gasteiger partial charge < -0.3 is 14.4 Å². The van der Waals surface area contributed by atoms with Gasteiger partial charge in [0.1, 0.15) is 5.82 Å². The van der Waals surface area contributed by atoms with E-state index < -0.39 is 0 Å². The van der Waals surface area contributed by atoms with Gasteiger partial charge in [-0.1, -0.05) is 25.5 Å². The quantitative estimate of drug-likeness (QED) is 0.573. The lowest BCUT2D eigenvalue weighted by Gasteiger charge is -2.30. The molecule has 31 heavy (non-hydrogen) atoms. The molecule has 4 rings (SSSR count). The zero-order valence-corrected chi connectivity index (χ0v) is 18.1. The summed E-state index contributed by atoms with van der Waals surface area (Å²) in [5.41, 5.74) is 1.09. The van der Waals surface area contributed by atoms with E-state index >= 15 is 0 Å². The Bertz CT molecular complexity index is 1170. The fraction of sp³-hybridized carbons (Fsp3) is 0.375. The molecule has 0 spiro atoms. The fourth-order valence-corrected chi connectivity index (χ4v) is 3.94. The zero-order valence-electron chi connectivity index (χ0n) is 18.1. The van der Waals surface area contributed by atoms with Crippen molar-refractivity contribution in [1.29, 1.82) is 0 Å². The number of para-hydroxylation sites is 1. The maximum Gasteiger partial charge on any atom is 0.261 e. The van der Waals surface area contributed by atoms with Gasteiger partial charge in [-0.15, -0.1) is 0 Å². The number of unbranched alkanes of at least 4 members (excludes halogenated alkanes) is 1. The highest BCUT2D eigenvalue weighted by Crippen LogP contribution is 2.33. The van der Waals surface area contributed by atoms with Crippen LogP contribution in [0.3, 0.4) is 0 Å². The van der Waals surface area contributed by atoms with Gasteiger partial charge in [0.15, 0.2) is 11.5 Å². The number of rotatable bonds is 7. The molecule has 1 atom stereocenters. The first-order chi connectivity index (χ1) is 15.0. The van der Waals surface area contributed by atoms with Gasteiger partial charge in [-0.3, -0.25) is 14.2 Å². The first-order valence-electron chi connectivity index (χ1n) is 10.7. The van der Waals surface area contributed by atoms with E-state index in [9.17, 15) is 9.59 Å². The summed E-state index contributed by atoms with van der Waals surface area (Å²) < 4.78 is 12.5. The van der Waals surface area contributed by atoms with Crippen molar-refractivity contribution < 1.29 is 14.3 Å². The second-order valence-electron chi connectivity index (χ2n) is 7.63. The monoisotopic (exact) mass is 421 g/mol. The van der Waals surface area contributed by atoms with E-state index in [1.54, 1.807) is 33.7 Å². The van der Waals surface area contributed by atoms with Crippen LogP contribution >= 0.6 is 0 Å². The Labute approximate surface area is 181 Å². The summed E-state index contributed by atoms with van der Waals surface area (Å²) in [6.07, 6.45) is 1.80. The molecular formula is C24H27N3O4. The minimum atomic E-state index is -0.373. The van der Waals surface area contributed by atoms with Gasteiger partial charge in [0.2, 0.25) is 6.79 Å². The number of amides is 1. The summed E-state index contributed by atoms with van der Waals surface area (Å²) in [6.45, 7) is 7.15. The highest BCUT2D eigenvalue weighted by molar-refractivity contribution is 5.95. The van der Waals surface area contributed by atoms with Gasteiger partial charge in [0, 0.05) is 18.7 Å². The molecule has 0 radical (unpaired) electrons. The molecule has 1 aromatic heterocycles. The summed E-state index contributed by atoms with van der Waals surface area (Å²) in [5, 5.41) is 0.586. The highest BCUT2D eigenvalue weighted by Gasteiger charge is 2.27. The molecular weight excluding hydrogens is 394 g/mol. The molecule has 3 aromatic rings. The number of fused-ring (bicyclic) bond motifs is 2. The SMILES string of the molecule is CCCCN(C(=O)c1ccc2c(c1)OCO2)C(C)c1nc2ccccc2c(=O)n1CC. The number of hydrogen-bond donors (Lipinski definition) is 0. The molecule has 2 heterocycles. The van der Waals surface area contributed by atoms with E-state index in [1.807, 2.05) is 32.0 Å². The van der Waals surface area contributed by atoms with E-state index in [-0.39, 0.29) is 24.3 Å². The molecule has 0 fully saturated rings. The van der Waals surface area contributed by atoms with Crippen LogP contribution in [0.15, 0.2) is 47.3 Å². The van der Waals surface area contributed by atoms with Crippen molar-refractivity contribution in [1.82, 2.24) is 14.5 Å². The van der Waals surface area contributed by atoms with Crippen LogP contribution in [0.2, 0.25) is 0 Å². The lowest BCUT2D eigenvalue weighted by atomic mass is 10.1. The summed E-state index contributed by atoms with van der Waals surface area (Å²) in [7, 11) is 0. The van der Waals surface area contributed by atoms with Crippen LogP contribution in [0, 0.1) is 0 Å². The second kappa shape index (κ2) is 8.79. The van der Waals surface area contributed by atoms with Crippen molar-refractivity contribution in [3.63, 3.8) is 0 Å². The molecule has 1 aliphatic rings.